The van der Waals surface area contributed by atoms with Crippen LogP contribution in [0.1, 0.15) is 36.1 Å². The number of rotatable bonds is 6. The summed E-state index contributed by atoms with van der Waals surface area (Å²) in [6.45, 7) is 1.32. The van der Waals surface area contributed by atoms with Crippen molar-refractivity contribution in [1.29, 1.82) is 0 Å². The average molecular weight is 381 g/mol. The zero-order chi connectivity index (χ0) is 18.1. The summed E-state index contributed by atoms with van der Waals surface area (Å²) >= 11 is 1.85. The SMILES string of the molecule is C1=C(c2cccs2)CC(CCCCc2c[nH]c3cc4c(cc23)OCO4)NC1. The first kappa shape index (κ1) is 16.9. The van der Waals surface area contributed by atoms with Crippen molar-refractivity contribution < 1.29 is 9.47 Å². The second-order valence-electron chi connectivity index (χ2n) is 7.33. The van der Waals surface area contributed by atoms with Crippen LogP contribution in [0, 0.1) is 0 Å². The zero-order valence-corrected chi connectivity index (χ0v) is 16.1. The minimum absolute atomic E-state index is 0.327. The summed E-state index contributed by atoms with van der Waals surface area (Å²) in [6, 6.07) is 9.15. The maximum absolute atomic E-state index is 5.53. The first-order valence-electron chi connectivity index (χ1n) is 9.73. The van der Waals surface area contributed by atoms with Gasteiger partial charge >= 0.3 is 0 Å². The molecular formula is C22H24N2O2S. The highest BCUT2D eigenvalue weighted by molar-refractivity contribution is 7.11. The molecule has 5 rings (SSSR count). The summed E-state index contributed by atoms with van der Waals surface area (Å²) in [5, 5.41) is 7.08. The van der Waals surface area contributed by atoms with Crippen LogP contribution in [0.3, 0.4) is 0 Å². The van der Waals surface area contributed by atoms with Gasteiger partial charge in [0.1, 0.15) is 0 Å². The predicted octanol–water partition coefficient (Wildman–Crippen LogP) is 5.12. The third-order valence-corrected chi connectivity index (χ3v) is 6.51. The lowest BCUT2D eigenvalue weighted by Crippen LogP contribution is -2.32. The molecule has 4 nitrogen and oxygen atoms in total. The number of fused-ring (bicyclic) bond motifs is 2. The third kappa shape index (κ3) is 3.49. The van der Waals surface area contributed by atoms with E-state index in [1.165, 1.54) is 40.7 Å². The zero-order valence-electron chi connectivity index (χ0n) is 15.3. The van der Waals surface area contributed by atoms with Crippen molar-refractivity contribution >= 4 is 27.8 Å². The Bertz CT molecular complexity index is 958. The van der Waals surface area contributed by atoms with Crippen molar-refractivity contribution in [3.05, 3.63) is 52.4 Å². The minimum Gasteiger partial charge on any atom is -0.454 e. The molecule has 1 aromatic carbocycles. The maximum Gasteiger partial charge on any atom is 0.231 e. The first-order valence-corrected chi connectivity index (χ1v) is 10.6. The highest BCUT2D eigenvalue weighted by atomic mass is 32.1. The van der Waals surface area contributed by atoms with Gasteiger partial charge in [-0.3, -0.25) is 0 Å². The van der Waals surface area contributed by atoms with Crippen LogP contribution in [0.2, 0.25) is 0 Å². The van der Waals surface area contributed by atoms with Crippen LogP contribution in [0.15, 0.2) is 41.9 Å². The van der Waals surface area contributed by atoms with Gasteiger partial charge in [-0.1, -0.05) is 18.6 Å². The number of H-pyrrole nitrogens is 1. The largest absolute Gasteiger partial charge is 0.454 e. The lowest BCUT2D eigenvalue weighted by molar-refractivity contribution is 0.174. The van der Waals surface area contributed by atoms with Crippen molar-refractivity contribution in [3.63, 3.8) is 0 Å². The van der Waals surface area contributed by atoms with Gasteiger partial charge in [0, 0.05) is 40.6 Å². The monoisotopic (exact) mass is 380 g/mol. The Morgan fingerprint density at radius 2 is 2.07 bits per heavy atom. The normalized spacial score (nSPS) is 18.8. The molecule has 5 heteroatoms. The molecule has 3 aromatic rings. The maximum atomic E-state index is 5.53. The summed E-state index contributed by atoms with van der Waals surface area (Å²) in [5.74, 6) is 1.71. The van der Waals surface area contributed by atoms with Gasteiger partial charge in [-0.15, -0.1) is 11.3 Å². The molecule has 0 amide bonds. The number of nitrogens with one attached hydrogen (secondary N) is 2. The number of ether oxygens (including phenoxy) is 2. The molecular weight excluding hydrogens is 356 g/mol. The lowest BCUT2D eigenvalue weighted by Gasteiger charge is -2.24. The van der Waals surface area contributed by atoms with E-state index in [0.717, 1.165) is 36.4 Å². The Kier molecular flexibility index (Phi) is 4.64. The van der Waals surface area contributed by atoms with Crippen LogP contribution < -0.4 is 14.8 Å². The van der Waals surface area contributed by atoms with Gasteiger partial charge in [0.15, 0.2) is 11.5 Å². The number of aryl methyl sites for hydroxylation is 1. The smallest absolute Gasteiger partial charge is 0.231 e. The van der Waals surface area contributed by atoms with Crippen molar-refractivity contribution in [2.75, 3.05) is 13.3 Å². The summed E-state index contributed by atoms with van der Waals surface area (Å²) < 4.78 is 11.0. The Morgan fingerprint density at radius 1 is 1.15 bits per heavy atom. The van der Waals surface area contributed by atoms with Gasteiger partial charge in [0.2, 0.25) is 6.79 Å². The minimum atomic E-state index is 0.327. The van der Waals surface area contributed by atoms with E-state index in [1.807, 2.05) is 17.4 Å². The highest BCUT2D eigenvalue weighted by Gasteiger charge is 2.18. The fraction of sp³-hybridized carbons (Fsp3) is 0.364. The molecule has 2 aromatic heterocycles. The molecule has 0 aliphatic carbocycles. The Labute approximate surface area is 163 Å². The fourth-order valence-corrected chi connectivity index (χ4v) is 4.90. The fourth-order valence-electron chi connectivity index (χ4n) is 4.12. The number of thiophene rings is 1. The molecule has 0 radical (unpaired) electrons. The van der Waals surface area contributed by atoms with Crippen LogP contribution in [0.4, 0.5) is 0 Å². The standard InChI is InChI=1S/C22H24N2O2S/c1(2-5-17-10-15(7-8-23-17)22-6-3-9-27-22)4-16-13-24-19-12-21-20(11-18(16)19)25-14-26-21/h3,6-7,9,11-13,17,23-24H,1-2,4-5,8,10,14H2. The molecule has 0 fully saturated rings. The summed E-state index contributed by atoms with van der Waals surface area (Å²) in [4.78, 5) is 4.81. The van der Waals surface area contributed by atoms with Gasteiger partial charge < -0.3 is 19.8 Å². The quantitative estimate of drug-likeness (QED) is 0.584. The van der Waals surface area contributed by atoms with Crippen molar-refractivity contribution in [3.8, 4) is 11.5 Å². The van der Waals surface area contributed by atoms with Crippen LogP contribution in [0.25, 0.3) is 16.5 Å². The summed E-state index contributed by atoms with van der Waals surface area (Å²) in [5.41, 5.74) is 4.02. The van der Waals surface area contributed by atoms with Crippen LogP contribution in [-0.4, -0.2) is 24.4 Å². The van der Waals surface area contributed by atoms with E-state index in [0.29, 0.717) is 12.8 Å². The van der Waals surface area contributed by atoms with Crippen LogP contribution >= 0.6 is 11.3 Å². The van der Waals surface area contributed by atoms with Gasteiger partial charge in [-0.05, 0) is 54.3 Å². The molecule has 0 spiro atoms. The van der Waals surface area contributed by atoms with Gasteiger partial charge in [0.25, 0.3) is 0 Å². The third-order valence-electron chi connectivity index (χ3n) is 5.57. The first-order chi connectivity index (χ1) is 13.4. The van der Waals surface area contributed by atoms with Crippen molar-refractivity contribution in [2.45, 2.75) is 38.1 Å². The Hall–Kier alpha value is -2.24. The molecule has 0 saturated heterocycles. The predicted molar refractivity (Wildman–Crippen MR) is 111 cm³/mol. The number of aromatic amines is 1. The van der Waals surface area contributed by atoms with Crippen molar-refractivity contribution in [2.24, 2.45) is 0 Å². The molecule has 0 saturated carbocycles. The lowest BCUT2D eigenvalue weighted by atomic mass is 9.95. The highest BCUT2D eigenvalue weighted by Crippen LogP contribution is 2.37. The van der Waals surface area contributed by atoms with E-state index in [9.17, 15) is 0 Å². The molecule has 140 valence electrons. The number of aromatic nitrogens is 1. The molecule has 2 aliphatic heterocycles. The second kappa shape index (κ2) is 7.41. The Morgan fingerprint density at radius 3 is 2.96 bits per heavy atom. The average Bonchev–Trinajstić information content (AvgIpc) is 3.44. The van der Waals surface area contributed by atoms with Gasteiger partial charge in [0.05, 0.1) is 0 Å². The molecule has 2 aliphatic rings. The molecule has 4 heterocycles. The van der Waals surface area contributed by atoms with Crippen LogP contribution in [0.5, 0.6) is 11.5 Å². The van der Waals surface area contributed by atoms with E-state index in [4.69, 9.17) is 9.47 Å². The Balaban J connectivity index is 1.15. The van der Waals surface area contributed by atoms with Crippen LogP contribution in [-0.2, 0) is 6.42 Å². The van der Waals surface area contributed by atoms with Gasteiger partial charge in [-0.2, -0.15) is 0 Å². The topological polar surface area (TPSA) is 46.3 Å². The number of unbranched alkanes of at least 4 members (excludes halogenated alkanes) is 1. The molecule has 0 bridgehead atoms. The molecule has 2 N–H and O–H groups in total. The number of benzene rings is 1. The van der Waals surface area contributed by atoms with E-state index in [1.54, 1.807) is 0 Å². The van der Waals surface area contributed by atoms with E-state index >= 15 is 0 Å². The molecule has 1 unspecified atom stereocenters. The summed E-state index contributed by atoms with van der Waals surface area (Å²) in [6.07, 6.45) is 10.4. The van der Waals surface area contributed by atoms with E-state index < -0.39 is 0 Å². The second-order valence-corrected chi connectivity index (χ2v) is 8.27. The van der Waals surface area contributed by atoms with E-state index in [-0.39, 0.29) is 0 Å². The number of hydrogen-bond acceptors (Lipinski definition) is 4. The molecule has 1 atom stereocenters. The number of hydrogen-bond donors (Lipinski definition) is 2. The van der Waals surface area contributed by atoms with E-state index in [2.05, 4.69) is 46.2 Å². The molecule has 27 heavy (non-hydrogen) atoms. The summed E-state index contributed by atoms with van der Waals surface area (Å²) in [7, 11) is 0. The van der Waals surface area contributed by atoms with Crippen molar-refractivity contribution in [1.82, 2.24) is 10.3 Å². The van der Waals surface area contributed by atoms with Gasteiger partial charge in [-0.25, -0.2) is 0 Å².